The van der Waals surface area contributed by atoms with Crippen LogP contribution in [0.2, 0.25) is 0 Å². The molecule has 7 heteroatoms. The zero-order valence-corrected chi connectivity index (χ0v) is 16.9. The highest BCUT2D eigenvalue weighted by atomic mass is 79.9. The molecule has 0 aliphatic carbocycles. The quantitative estimate of drug-likeness (QED) is 0.714. The lowest BCUT2D eigenvalue weighted by Gasteiger charge is -2.40. The topological polar surface area (TPSA) is 59.1 Å². The van der Waals surface area contributed by atoms with Gasteiger partial charge in [-0.05, 0) is 37.1 Å². The lowest BCUT2D eigenvalue weighted by molar-refractivity contribution is -0.188. The number of nitrogens with zero attached hydrogens (tertiary/aromatic N) is 2. The standard InChI is InChI=1S/C20H25BrN2O4/c21-17-3-1-15(2-4-17)18(24)22-9-5-16(6-10-22)19(25)23-11-7-20(8-12-23)26-13-14-27-20/h1-4,16H,5-14H2. The van der Waals surface area contributed by atoms with Crippen LogP contribution in [0.5, 0.6) is 0 Å². The van der Waals surface area contributed by atoms with E-state index in [1.54, 1.807) is 0 Å². The summed E-state index contributed by atoms with van der Waals surface area (Å²) in [4.78, 5) is 29.3. The van der Waals surface area contributed by atoms with E-state index in [0.29, 0.717) is 45.0 Å². The fraction of sp³-hybridized carbons (Fsp3) is 0.600. The predicted octanol–water partition coefficient (Wildman–Crippen LogP) is 2.67. The number of carbonyl (C=O) groups excluding carboxylic acids is 2. The minimum atomic E-state index is -0.447. The lowest BCUT2D eigenvalue weighted by Crippen LogP contribution is -2.50. The number of benzene rings is 1. The van der Waals surface area contributed by atoms with Crippen LogP contribution in [0.4, 0.5) is 0 Å². The molecular formula is C20H25BrN2O4. The van der Waals surface area contributed by atoms with E-state index in [-0.39, 0.29) is 17.7 Å². The van der Waals surface area contributed by atoms with Gasteiger partial charge in [0.05, 0.1) is 13.2 Å². The minimum Gasteiger partial charge on any atom is -0.347 e. The van der Waals surface area contributed by atoms with E-state index in [9.17, 15) is 9.59 Å². The van der Waals surface area contributed by atoms with Crippen molar-refractivity contribution in [3.8, 4) is 0 Å². The Morgan fingerprint density at radius 1 is 0.926 bits per heavy atom. The molecule has 27 heavy (non-hydrogen) atoms. The molecule has 1 aromatic rings. The molecule has 0 N–H and O–H groups in total. The zero-order chi connectivity index (χ0) is 18.9. The molecule has 0 atom stereocenters. The molecule has 0 aromatic heterocycles. The number of hydrogen-bond acceptors (Lipinski definition) is 4. The van der Waals surface area contributed by atoms with Crippen LogP contribution in [0.1, 0.15) is 36.0 Å². The first-order valence-corrected chi connectivity index (χ1v) is 10.5. The van der Waals surface area contributed by atoms with Gasteiger partial charge in [0.1, 0.15) is 0 Å². The van der Waals surface area contributed by atoms with E-state index >= 15 is 0 Å². The Balaban J connectivity index is 1.28. The van der Waals surface area contributed by atoms with Crippen molar-refractivity contribution in [2.24, 2.45) is 5.92 Å². The van der Waals surface area contributed by atoms with Crippen LogP contribution >= 0.6 is 15.9 Å². The summed E-state index contributed by atoms with van der Waals surface area (Å²) in [5, 5.41) is 0. The number of halogens is 1. The van der Waals surface area contributed by atoms with E-state index in [0.717, 1.165) is 30.2 Å². The number of piperidine rings is 2. The second kappa shape index (κ2) is 7.89. The number of amides is 2. The van der Waals surface area contributed by atoms with Gasteiger partial charge in [0, 0.05) is 55.0 Å². The van der Waals surface area contributed by atoms with Crippen molar-refractivity contribution in [2.45, 2.75) is 31.5 Å². The van der Waals surface area contributed by atoms with Crippen molar-refractivity contribution in [3.05, 3.63) is 34.3 Å². The minimum absolute atomic E-state index is 0.0124. The SMILES string of the molecule is O=C(c1ccc(Br)cc1)N1CCC(C(=O)N2CCC3(CC2)OCCO3)CC1. The van der Waals surface area contributed by atoms with Crippen LogP contribution in [0.25, 0.3) is 0 Å². The lowest BCUT2D eigenvalue weighted by atomic mass is 9.93. The molecule has 4 rings (SSSR count). The molecule has 0 saturated carbocycles. The average molecular weight is 437 g/mol. The van der Waals surface area contributed by atoms with E-state index in [2.05, 4.69) is 15.9 Å². The second-order valence-corrected chi connectivity index (χ2v) is 8.42. The van der Waals surface area contributed by atoms with E-state index in [1.165, 1.54) is 0 Å². The van der Waals surface area contributed by atoms with Gasteiger partial charge >= 0.3 is 0 Å². The van der Waals surface area contributed by atoms with E-state index < -0.39 is 5.79 Å². The van der Waals surface area contributed by atoms with Gasteiger partial charge in [-0.25, -0.2) is 0 Å². The van der Waals surface area contributed by atoms with Crippen LogP contribution in [-0.4, -0.2) is 66.8 Å². The van der Waals surface area contributed by atoms with Gasteiger partial charge in [0.15, 0.2) is 5.79 Å². The highest BCUT2D eigenvalue weighted by Gasteiger charge is 2.42. The number of hydrogen-bond donors (Lipinski definition) is 0. The number of likely N-dealkylation sites (tertiary alicyclic amines) is 2. The van der Waals surface area contributed by atoms with Gasteiger partial charge < -0.3 is 19.3 Å². The molecule has 146 valence electrons. The number of ether oxygens (including phenoxy) is 2. The summed E-state index contributed by atoms with van der Waals surface area (Å²) in [5.74, 6) is -0.169. The van der Waals surface area contributed by atoms with Crippen molar-refractivity contribution in [3.63, 3.8) is 0 Å². The monoisotopic (exact) mass is 436 g/mol. The van der Waals surface area contributed by atoms with Crippen molar-refractivity contribution in [1.82, 2.24) is 9.80 Å². The van der Waals surface area contributed by atoms with Crippen LogP contribution in [0, 0.1) is 5.92 Å². The summed E-state index contributed by atoms with van der Waals surface area (Å²) in [7, 11) is 0. The third kappa shape index (κ3) is 4.05. The number of carbonyl (C=O) groups is 2. The Hall–Kier alpha value is -1.44. The normalized spacial score (nSPS) is 23.0. The summed E-state index contributed by atoms with van der Waals surface area (Å²) in [6.45, 7) is 3.95. The highest BCUT2D eigenvalue weighted by Crippen LogP contribution is 2.32. The summed E-state index contributed by atoms with van der Waals surface area (Å²) in [6, 6.07) is 7.43. The smallest absolute Gasteiger partial charge is 0.253 e. The Kier molecular flexibility index (Phi) is 5.53. The molecule has 3 fully saturated rings. The van der Waals surface area contributed by atoms with Crippen molar-refractivity contribution in [1.29, 1.82) is 0 Å². The Labute approximate surface area is 167 Å². The molecule has 1 aromatic carbocycles. The van der Waals surface area contributed by atoms with Gasteiger partial charge in [0.25, 0.3) is 5.91 Å². The molecule has 1 spiro atoms. The van der Waals surface area contributed by atoms with Gasteiger partial charge in [-0.3, -0.25) is 9.59 Å². The molecule has 0 radical (unpaired) electrons. The summed E-state index contributed by atoms with van der Waals surface area (Å²) in [6.07, 6.45) is 2.96. The van der Waals surface area contributed by atoms with Gasteiger partial charge in [-0.15, -0.1) is 0 Å². The molecule has 0 bridgehead atoms. The molecule has 3 aliphatic rings. The van der Waals surface area contributed by atoms with Crippen LogP contribution in [0.15, 0.2) is 28.7 Å². The molecule has 3 heterocycles. The molecule has 0 unspecified atom stereocenters. The Bertz CT molecular complexity index is 684. The van der Waals surface area contributed by atoms with Crippen molar-refractivity contribution >= 4 is 27.7 Å². The maximum atomic E-state index is 12.9. The summed E-state index contributed by atoms with van der Waals surface area (Å²) < 4.78 is 12.4. The van der Waals surface area contributed by atoms with Gasteiger partial charge in [-0.1, -0.05) is 15.9 Å². The third-order valence-corrected chi connectivity index (χ3v) is 6.40. The molecule has 6 nitrogen and oxygen atoms in total. The third-order valence-electron chi connectivity index (χ3n) is 5.87. The first-order chi connectivity index (χ1) is 13.1. The van der Waals surface area contributed by atoms with Crippen LogP contribution < -0.4 is 0 Å². The fourth-order valence-electron chi connectivity index (χ4n) is 4.22. The Morgan fingerprint density at radius 2 is 1.52 bits per heavy atom. The first-order valence-electron chi connectivity index (χ1n) is 9.68. The van der Waals surface area contributed by atoms with E-state index in [1.807, 2.05) is 34.1 Å². The highest BCUT2D eigenvalue weighted by molar-refractivity contribution is 9.10. The zero-order valence-electron chi connectivity index (χ0n) is 15.4. The van der Waals surface area contributed by atoms with Crippen molar-refractivity contribution < 1.29 is 19.1 Å². The predicted molar refractivity (Wildman–Crippen MR) is 103 cm³/mol. The summed E-state index contributed by atoms with van der Waals surface area (Å²) >= 11 is 3.39. The summed E-state index contributed by atoms with van der Waals surface area (Å²) in [5.41, 5.74) is 0.695. The fourth-order valence-corrected chi connectivity index (χ4v) is 4.48. The van der Waals surface area contributed by atoms with Gasteiger partial charge in [0.2, 0.25) is 5.91 Å². The molecule has 2 amide bonds. The van der Waals surface area contributed by atoms with Gasteiger partial charge in [-0.2, -0.15) is 0 Å². The Morgan fingerprint density at radius 3 is 2.11 bits per heavy atom. The maximum absolute atomic E-state index is 12.9. The van der Waals surface area contributed by atoms with Crippen LogP contribution in [0.3, 0.4) is 0 Å². The second-order valence-electron chi connectivity index (χ2n) is 7.51. The molecular weight excluding hydrogens is 412 g/mol. The van der Waals surface area contributed by atoms with Crippen LogP contribution in [-0.2, 0) is 14.3 Å². The van der Waals surface area contributed by atoms with E-state index in [4.69, 9.17) is 9.47 Å². The molecule has 3 saturated heterocycles. The largest absolute Gasteiger partial charge is 0.347 e. The number of rotatable bonds is 2. The maximum Gasteiger partial charge on any atom is 0.253 e. The molecule has 3 aliphatic heterocycles. The first kappa shape index (κ1) is 18.9. The average Bonchev–Trinajstić information content (AvgIpc) is 3.16. The van der Waals surface area contributed by atoms with Crippen molar-refractivity contribution in [2.75, 3.05) is 39.4 Å².